The van der Waals surface area contributed by atoms with Crippen LogP contribution in [0.4, 0.5) is 0 Å². The zero-order chi connectivity index (χ0) is 15.4. The third kappa shape index (κ3) is 3.73. The summed E-state index contributed by atoms with van der Waals surface area (Å²) in [5.74, 6) is 6.49. The van der Waals surface area contributed by atoms with Crippen molar-refractivity contribution in [2.45, 2.75) is 76.0 Å². The van der Waals surface area contributed by atoms with Gasteiger partial charge in [0, 0.05) is 0 Å². The molecule has 2 fully saturated rings. The lowest BCUT2D eigenvalue weighted by Gasteiger charge is -2.27. The first-order chi connectivity index (χ1) is 10.8. The molecule has 3 N–H and O–H groups in total. The molecule has 0 bridgehead atoms. The fraction of sp³-hybridized carbons (Fsp3) is 0.667. The van der Waals surface area contributed by atoms with Crippen LogP contribution in [-0.4, -0.2) is 12.1 Å². The fourth-order valence-corrected chi connectivity index (χ4v) is 4.27. The van der Waals surface area contributed by atoms with Crippen LogP contribution in [0.1, 0.15) is 87.2 Å². The minimum absolute atomic E-state index is 0.640. The number of benzene rings is 1. The topological polar surface area (TPSA) is 55.5 Å². The number of hydrogen-bond acceptors (Lipinski definition) is 3. The van der Waals surface area contributed by atoms with E-state index in [2.05, 4.69) is 23.0 Å². The second-order valence-corrected chi connectivity index (χ2v) is 7.09. The lowest BCUT2D eigenvalue weighted by molar-refractivity contribution is 0.281. The highest BCUT2D eigenvalue weighted by Gasteiger charge is 2.24. The van der Waals surface area contributed by atoms with Crippen LogP contribution in [0.25, 0.3) is 0 Å². The Hall–Kier alpha value is -0.835. The first kappa shape index (κ1) is 16.0. The highest BCUT2D eigenvalue weighted by atomic mass is 16.6. The third-order valence-corrected chi connectivity index (χ3v) is 5.57. The van der Waals surface area contributed by atoms with Gasteiger partial charge < -0.3 is 9.78 Å². The van der Waals surface area contributed by atoms with Crippen molar-refractivity contribution < 1.29 is 9.78 Å². The Bertz CT molecular complexity index is 446. The van der Waals surface area contributed by atoms with Crippen LogP contribution >= 0.6 is 0 Å². The molecule has 4 heteroatoms. The predicted octanol–water partition coefficient (Wildman–Crippen LogP) is 3.36. The summed E-state index contributed by atoms with van der Waals surface area (Å²) in [6.45, 7) is 0. The molecule has 2 aliphatic rings. The van der Waals surface area contributed by atoms with E-state index in [-0.39, 0.29) is 0 Å². The SMILES string of the molecule is NOB(O)c1cc(C2CCCCC2)cc(C2CCCCC2)c1. The summed E-state index contributed by atoms with van der Waals surface area (Å²) >= 11 is 0. The highest BCUT2D eigenvalue weighted by Crippen LogP contribution is 2.36. The average Bonchev–Trinajstić information content (AvgIpc) is 2.62. The van der Waals surface area contributed by atoms with E-state index < -0.39 is 7.12 Å². The first-order valence-electron chi connectivity index (χ1n) is 8.96. The summed E-state index contributed by atoms with van der Waals surface area (Å²) in [5.41, 5.74) is 3.59. The smallest absolute Gasteiger partial charge is 0.422 e. The first-order valence-corrected chi connectivity index (χ1v) is 8.96. The van der Waals surface area contributed by atoms with Gasteiger partial charge in [-0.25, -0.2) is 5.90 Å². The zero-order valence-corrected chi connectivity index (χ0v) is 13.5. The quantitative estimate of drug-likeness (QED) is 0.662. The normalized spacial score (nSPS) is 21.0. The van der Waals surface area contributed by atoms with Gasteiger partial charge in [0.05, 0.1) is 0 Å². The van der Waals surface area contributed by atoms with Gasteiger partial charge in [-0.3, -0.25) is 0 Å². The Labute approximate surface area is 134 Å². The van der Waals surface area contributed by atoms with Crippen LogP contribution in [0.3, 0.4) is 0 Å². The maximum absolute atomic E-state index is 10.0. The van der Waals surface area contributed by atoms with Crippen molar-refractivity contribution in [3.63, 3.8) is 0 Å². The number of nitrogens with two attached hydrogens (primary N) is 1. The minimum Gasteiger partial charge on any atom is -0.422 e. The second-order valence-electron chi connectivity index (χ2n) is 7.09. The van der Waals surface area contributed by atoms with Gasteiger partial charge in [-0.2, -0.15) is 0 Å². The van der Waals surface area contributed by atoms with Gasteiger partial charge in [0.2, 0.25) is 0 Å². The molecule has 0 heterocycles. The molecular formula is C18H28BNO2. The van der Waals surface area contributed by atoms with E-state index in [0.717, 1.165) is 5.46 Å². The van der Waals surface area contributed by atoms with E-state index >= 15 is 0 Å². The molecule has 0 aromatic heterocycles. The van der Waals surface area contributed by atoms with Crippen molar-refractivity contribution in [3.8, 4) is 0 Å². The molecule has 3 nitrogen and oxygen atoms in total. The third-order valence-electron chi connectivity index (χ3n) is 5.57. The summed E-state index contributed by atoms with van der Waals surface area (Å²) < 4.78 is 4.68. The van der Waals surface area contributed by atoms with E-state index in [4.69, 9.17) is 5.90 Å². The van der Waals surface area contributed by atoms with Gasteiger partial charge >= 0.3 is 7.12 Å². The highest BCUT2D eigenvalue weighted by molar-refractivity contribution is 6.59. The molecule has 0 amide bonds. The summed E-state index contributed by atoms with van der Waals surface area (Å²) in [5, 5.41) is 10.0. The Balaban J connectivity index is 1.90. The maximum atomic E-state index is 10.0. The van der Waals surface area contributed by atoms with Crippen LogP contribution in [0.15, 0.2) is 18.2 Å². The molecule has 2 aliphatic carbocycles. The summed E-state index contributed by atoms with van der Waals surface area (Å²) in [4.78, 5) is 0. The van der Waals surface area contributed by atoms with E-state index in [9.17, 15) is 5.02 Å². The van der Waals surface area contributed by atoms with Crippen molar-refractivity contribution in [2.75, 3.05) is 0 Å². The molecule has 0 atom stereocenters. The zero-order valence-electron chi connectivity index (χ0n) is 13.5. The molecule has 0 aliphatic heterocycles. The molecule has 0 saturated heterocycles. The molecule has 0 unspecified atom stereocenters. The molecule has 0 radical (unpaired) electrons. The molecule has 3 rings (SSSR count). The molecule has 1 aromatic carbocycles. The van der Waals surface area contributed by atoms with E-state index in [1.54, 1.807) is 0 Å². The standard InChI is InChI=1S/C18H28BNO2/c20-22-19(21)18-12-16(14-7-3-1-4-8-14)11-17(13-18)15-9-5-2-6-10-15/h11-15,21H,1-10,20H2. The summed E-state index contributed by atoms with van der Waals surface area (Å²) in [6, 6.07) is 6.62. The molecule has 0 spiro atoms. The van der Waals surface area contributed by atoms with Gasteiger partial charge in [0.1, 0.15) is 0 Å². The van der Waals surface area contributed by atoms with Crippen LogP contribution in [0.2, 0.25) is 0 Å². The van der Waals surface area contributed by atoms with Crippen molar-refractivity contribution in [1.29, 1.82) is 0 Å². The van der Waals surface area contributed by atoms with Gasteiger partial charge in [0.15, 0.2) is 0 Å². The fourth-order valence-electron chi connectivity index (χ4n) is 4.27. The lowest BCUT2D eigenvalue weighted by Crippen LogP contribution is -2.37. The van der Waals surface area contributed by atoms with Crippen LogP contribution in [0, 0.1) is 0 Å². The van der Waals surface area contributed by atoms with Gasteiger partial charge in [-0.05, 0) is 54.1 Å². The monoisotopic (exact) mass is 301 g/mol. The van der Waals surface area contributed by atoms with Crippen molar-refractivity contribution in [1.82, 2.24) is 0 Å². The van der Waals surface area contributed by atoms with Gasteiger partial charge in [0.25, 0.3) is 0 Å². The van der Waals surface area contributed by atoms with Gasteiger partial charge in [-0.1, -0.05) is 56.7 Å². The van der Waals surface area contributed by atoms with Crippen molar-refractivity contribution in [3.05, 3.63) is 29.3 Å². The largest absolute Gasteiger partial charge is 0.508 e. The van der Waals surface area contributed by atoms with Crippen LogP contribution in [0.5, 0.6) is 0 Å². The second kappa shape index (κ2) is 7.63. The lowest BCUT2D eigenvalue weighted by atomic mass is 9.73. The van der Waals surface area contributed by atoms with Gasteiger partial charge in [-0.15, -0.1) is 0 Å². The Morgan fingerprint density at radius 1 is 0.818 bits per heavy atom. The molecular weight excluding hydrogens is 273 g/mol. The Kier molecular flexibility index (Phi) is 5.56. The Morgan fingerprint density at radius 2 is 1.27 bits per heavy atom. The maximum Gasteiger partial charge on any atom is 0.508 e. The van der Waals surface area contributed by atoms with E-state index in [0.29, 0.717) is 11.8 Å². The summed E-state index contributed by atoms with van der Waals surface area (Å²) in [6.07, 6.45) is 13.1. The minimum atomic E-state index is -1.01. The number of rotatable bonds is 4. The molecule has 1 aromatic rings. The van der Waals surface area contributed by atoms with E-state index in [1.807, 2.05) is 0 Å². The predicted molar refractivity (Wildman–Crippen MR) is 91.0 cm³/mol. The van der Waals surface area contributed by atoms with Crippen molar-refractivity contribution >= 4 is 12.6 Å². The molecule has 2 saturated carbocycles. The number of hydrogen-bond donors (Lipinski definition) is 2. The summed E-state index contributed by atoms with van der Waals surface area (Å²) in [7, 11) is -1.01. The van der Waals surface area contributed by atoms with Crippen LogP contribution in [-0.2, 0) is 4.76 Å². The van der Waals surface area contributed by atoms with Crippen molar-refractivity contribution in [2.24, 2.45) is 5.90 Å². The van der Waals surface area contributed by atoms with Crippen LogP contribution < -0.4 is 11.4 Å². The molecule has 120 valence electrons. The average molecular weight is 301 g/mol. The Morgan fingerprint density at radius 3 is 1.68 bits per heavy atom. The van der Waals surface area contributed by atoms with E-state index in [1.165, 1.54) is 75.3 Å². The molecule has 22 heavy (non-hydrogen) atoms.